The average molecular weight is 437 g/mol. The van der Waals surface area contributed by atoms with Gasteiger partial charge in [0.1, 0.15) is 0 Å². The van der Waals surface area contributed by atoms with Crippen LogP contribution < -0.4 is 4.90 Å². The van der Waals surface area contributed by atoms with Crippen molar-refractivity contribution in [1.29, 1.82) is 0 Å². The highest BCUT2D eigenvalue weighted by Gasteiger charge is 2.63. The fourth-order valence-corrected chi connectivity index (χ4v) is 5.03. The maximum Gasteiger partial charge on any atom is 0.241 e. The van der Waals surface area contributed by atoms with Crippen molar-refractivity contribution in [2.45, 2.75) is 31.6 Å². The number of nitrogens with zero attached hydrogens (tertiary/aromatic N) is 3. The zero-order valence-corrected chi connectivity index (χ0v) is 16.0. The van der Waals surface area contributed by atoms with E-state index in [4.69, 9.17) is 16.3 Å². The van der Waals surface area contributed by atoms with Gasteiger partial charge in [-0.2, -0.15) is 5.10 Å². The molecule has 3 saturated heterocycles. The minimum atomic E-state index is -0.359. The molecule has 3 aliphatic heterocycles. The van der Waals surface area contributed by atoms with Crippen LogP contribution in [0.5, 0.6) is 0 Å². The van der Waals surface area contributed by atoms with Crippen LogP contribution in [-0.2, 0) is 20.9 Å². The molecule has 2 amide bonds. The van der Waals surface area contributed by atoms with Gasteiger partial charge in [0, 0.05) is 11.2 Å². The van der Waals surface area contributed by atoms with E-state index in [0.29, 0.717) is 21.9 Å². The lowest BCUT2D eigenvalue weighted by Gasteiger charge is -2.15. The highest BCUT2D eigenvalue weighted by Crippen LogP contribution is 2.49. The van der Waals surface area contributed by atoms with Crippen LogP contribution >= 0.6 is 27.5 Å². The van der Waals surface area contributed by atoms with Crippen molar-refractivity contribution in [2.24, 2.45) is 11.8 Å². The molecule has 0 radical (unpaired) electrons. The summed E-state index contributed by atoms with van der Waals surface area (Å²) < 4.78 is 8.06. The smallest absolute Gasteiger partial charge is 0.241 e. The second kappa shape index (κ2) is 5.90. The van der Waals surface area contributed by atoms with E-state index >= 15 is 0 Å². The number of benzene rings is 1. The molecule has 134 valence electrons. The molecule has 5 rings (SSSR count). The second-order valence-electron chi connectivity index (χ2n) is 6.94. The molecular weight excluding hydrogens is 422 g/mol. The molecule has 1 aromatic heterocycles. The van der Waals surface area contributed by atoms with Gasteiger partial charge in [0.05, 0.1) is 35.1 Å². The van der Waals surface area contributed by atoms with Gasteiger partial charge < -0.3 is 4.74 Å². The van der Waals surface area contributed by atoms with Crippen molar-refractivity contribution in [1.82, 2.24) is 9.78 Å². The van der Waals surface area contributed by atoms with E-state index in [1.54, 1.807) is 10.9 Å². The summed E-state index contributed by atoms with van der Waals surface area (Å²) in [5, 5.41) is 5.13. The Morgan fingerprint density at radius 3 is 2.46 bits per heavy atom. The fourth-order valence-electron chi connectivity index (χ4n) is 4.34. The summed E-state index contributed by atoms with van der Waals surface area (Å²) in [5.74, 6) is -0.767. The molecule has 3 aliphatic rings. The fraction of sp³-hybridized carbons (Fsp3) is 0.389. The van der Waals surface area contributed by atoms with E-state index in [9.17, 15) is 9.59 Å². The molecular formula is C18H15BrClN3O3. The summed E-state index contributed by atoms with van der Waals surface area (Å²) in [6.45, 7) is 0.454. The number of hydrogen-bond donors (Lipinski definition) is 0. The molecule has 0 unspecified atom stereocenters. The Morgan fingerprint density at radius 2 is 1.81 bits per heavy atom. The third-order valence-electron chi connectivity index (χ3n) is 5.49. The summed E-state index contributed by atoms with van der Waals surface area (Å²) in [4.78, 5) is 27.0. The van der Waals surface area contributed by atoms with Crippen molar-refractivity contribution < 1.29 is 14.3 Å². The Bertz CT molecular complexity index is 902. The molecule has 3 fully saturated rings. The van der Waals surface area contributed by atoms with Crippen LogP contribution in [0.2, 0.25) is 5.02 Å². The molecule has 4 heterocycles. The first-order chi connectivity index (χ1) is 12.5. The first kappa shape index (κ1) is 16.5. The van der Waals surface area contributed by atoms with Gasteiger partial charge in [-0.1, -0.05) is 29.8 Å². The molecule has 6 nitrogen and oxygen atoms in total. The van der Waals surface area contributed by atoms with Crippen molar-refractivity contribution in [2.75, 3.05) is 4.90 Å². The number of hydrogen-bond acceptors (Lipinski definition) is 4. The Labute approximate surface area is 163 Å². The predicted octanol–water partition coefficient (Wildman–Crippen LogP) is 3.01. The van der Waals surface area contributed by atoms with E-state index in [-0.39, 0.29) is 35.9 Å². The van der Waals surface area contributed by atoms with E-state index in [1.807, 2.05) is 24.3 Å². The molecule has 2 bridgehead atoms. The molecule has 8 heteroatoms. The Balaban J connectivity index is 1.46. The third-order valence-corrected chi connectivity index (χ3v) is 6.41. The van der Waals surface area contributed by atoms with Crippen LogP contribution in [0.25, 0.3) is 0 Å². The van der Waals surface area contributed by atoms with Crippen LogP contribution in [-0.4, -0.2) is 33.8 Å². The number of carbonyl (C=O) groups is 2. The summed E-state index contributed by atoms with van der Waals surface area (Å²) in [6.07, 6.45) is 3.20. The maximum atomic E-state index is 12.9. The van der Waals surface area contributed by atoms with Crippen molar-refractivity contribution in [3.05, 3.63) is 45.5 Å². The van der Waals surface area contributed by atoms with Crippen LogP contribution in [0.1, 0.15) is 18.4 Å². The van der Waals surface area contributed by atoms with Gasteiger partial charge >= 0.3 is 0 Å². The SMILES string of the molecule is O=C1[C@@H]2[C@H](C(=O)N1c1nn(Cc3ccccc3Cl)cc1Br)[C@H]1CC[C@@H]2O1. The Kier molecular flexibility index (Phi) is 3.74. The monoisotopic (exact) mass is 435 g/mol. The largest absolute Gasteiger partial charge is 0.373 e. The van der Waals surface area contributed by atoms with Crippen molar-refractivity contribution in [3.63, 3.8) is 0 Å². The quantitative estimate of drug-likeness (QED) is 0.694. The zero-order valence-electron chi connectivity index (χ0n) is 13.6. The number of fused-ring (bicyclic) bond motifs is 5. The van der Waals surface area contributed by atoms with E-state index in [1.165, 1.54) is 4.90 Å². The number of halogens is 2. The summed E-state index contributed by atoms with van der Waals surface area (Å²) >= 11 is 9.66. The lowest BCUT2D eigenvalue weighted by Crippen LogP contribution is -2.34. The van der Waals surface area contributed by atoms with Gasteiger partial charge in [0.15, 0.2) is 5.82 Å². The standard InChI is InChI=1S/C18H15BrClN3O3/c19-10-8-22(7-9-3-1-2-4-11(9)20)21-16(10)23-17(24)14-12-5-6-13(26-12)15(14)18(23)25/h1-4,8,12-15H,5-7H2/t12-,13+,14-,15+. The molecule has 2 aromatic rings. The minimum Gasteiger partial charge on any atom is -0.373 e. The maximum absolute atomic E-state index is 12.9. The third kappa shape index (κ3) is 2.30. The van der Waals surface area contributed by atoms with Gasteiger partial charge in [0.25, 0.3) is 0 Å². The molecule has 4 atom stereocenters. The number of anilines is 1. The molecule has 26 heavy (non-hydrogen) atoms. The van der Waals surface area contributed by atoms with Gasteiger partial charge in [-0.05, 0) is 40.4 Å². The minimum absolute atomic E-state index is 0.129. The lowest BCUT2D eigenvalue weighted by molar-refractivity contribution is -0.124. The van der Waals surface area contributed by atoms with Gasteiger partial charge in [0.2, 0.25) is 11.8 Å². The average Bonchev–Trinajstić information content (AvgIpc) is 3.35. The Morgan fingerprint density at radius 1 is 1.15 bits per heavy atom. The number of aromatic nitrogens is 2. The number of ether oxygens (including phenoxy) is 1. The molecule has 0 spiro atoms. The van der Waals surface area contributed by atoms with Crippen molar-refractivity contribution >= 4 is 45.2 Å². The van der Waals surface area contributed by atoms with Crippen LogP contribution in [0.3, 0.4) is 0 Å². The first-order valence-corrected chi connectivity index (χ1v) is 9.71. The topological polar surface area (TPSA) is 64.4 Å². The van der Waals surface area contributed by atoms with Gasteiger partial charge in [-0.15, -0.1) is 0 Å². The number of carbonyl (C=O) groups excluding carboxylic acids is 2. The van der Waals surface area contributed by atoms with Crippen LogP contribution in [0.4, 0.5) is 5.82 Å². The molecule has 1 aromatic carbocycles. The lowest BCUT2D eigenvalue weighted by atomic mass is 9.81. The first-order valence-electron chi connectivity index (χ1n) is 8.54. The van der Waals surface area contributed by atoms with E-state index in [2.05, 4.69) is 21.0 Å². The van der Waals surface area contributed by atoms with Crippen LogP contribution in [0.15, 0.2) is 34.9 Å². The summed E-state index contributed by atoms with van der Waals surface area (Å²) in [6, 6.07) is 7.52. The van der Waals surface area contributed by atoms with E-state index in [0.717, 1.165) is 18.4 Å². The zero-order chi connectivity index (χ0) is 18.0. The normalized spacial score (nSPS) is 29.7. The van der Waals surface area contributed by atoms with Gasteiger partial charge in [-0.25, -0.2) is 4.90 Å². The predicted molar refractivity (Wildman–Crippen MR) is 97.8 cm³/mol. The van der Waals surface area contributed by atoms with Crippen LogP contribution in [0, 0.1) is 11.8 Å². The highest BCUT2D eigenvalue weighted by molar-refractivity contribution is 9.10. The molecule has 0 aliphatic carbocycles. The summed E-state index contributed by atoms with van der Waals surface area (Å²) in [7, 11) is 0. The number of amides is 2. The van der Waals surface area contributed by atoms with Crippen molar-refractivity contribution in [3.8, 4) is 0 Å². The highest BCUT2D eigenvalue weighted by atomic mass is 79.9. The number of imide groups is 1. The second-order valence-corrected chi connectivity index (χ2v) is 8.20. The number of rotatable bonds is 3. The Hall–Kier alpha value is -1.70. The summed E-state index contributed by atoms with van der Waals surface area (Å²) in [5.41, 5.74) is 0.915. The molecule has 0 saturated carbocycles. The van der Waals surface area contributed by atoms with Gasteiger partial charge in [-0.3, -0.25) is 14.3 Å². The van der Waals surface area contributed by atoms with E-state index < -0.39 is 0 Å². The molecule has 0 N–H and O–H groups in total.